The summed E-state index contributed by atoms with van der Waals surface area (Å²) >= 11 is -1.41. The van der Waals surface area contributed by atoms with Gasteiger partial charge in [0.2, 0.25) is 0 Å². The van der Waals surface area contributed by atoms with Crippen molar-refractivity contribution in [3.63, 3.8) is 0 Å². The van der Waals surface area contributed by atoms with Crippen molar-refractivity contribution in [3.8, 4) is 5.75 Å². The van der Waals surface area contributed by atoms with Gasteiger partial charge in [0.15, 0.2) is 0 Å². The molecule has 0 bridgehead atoms. The van der Waals surface area contributed by atoms with Gasteiger partial charge in [-0.25, -0.2) is 18.6 Å². The number of hydrogen-bond donors (Lipinski definition) is 2. The van der Waals surface area contributed by atoms with Crippen molar-refractivity contribution >= 4 is 17.5 Å². The molecular weight excluding hydrogens is 316 g/mol. The van der Waals surface area contributed by atoms with E-state index >= 15 is 0 Å². The van der Waals surface area contributed by atoms with E-state index in [-0.39, 0.29) is 11.4 Å². The van der Waals surface area contributed by atoms with E-state index in [0.717, 1.165) is 6.07 Å². The number of nitrogens with zero attached hydrogens (tertiary/aromatic N) is 1. The fraction of sp³-hybridized carbons (Fsp3) is 0.538. The third-order valence-electron chi connectivity index (χ3n) is 2.56. The molecule has 2 atom stereocenters. The Morgan fingerprint density at radius 3 is 2.41 bits per heavy atom. The van der Waals surface area contributed by atoms with Gasteiger partial charge in [0.05, 0.1) is 11.7 Å². The molecule has 1 heterocycles. The van der Waals surface area contributed by atoms with Gasteiger partial charge in [-0.05, 0) is 27.7 Å². The Kier molecular flexibility index (Phi) is 6.09. The number of halogens is 2. The number of alkyl halides is 2. The first kappa shape index (κ1) is 18.6. The van der Waals surface area contributed by atoms with Gasteiger partial charge in [-0.3, -0.25) is 0 Å². The quantitative estimate of drug-likeness (QED) is 0.806. The Bertz CT molecular complexity index is 538. The second kappa shape index (κ2) is 7.21. The van der Waals surface area contributed by atoms with Crippen LogP contribution in [0.2, 0.25) is 0 Å². The van der Waals surface area contributed by atoms with Crippen LogP contribution in [0, 0.1) is 0 Å². The van der Waals surface area contributed by atoms with E-state index in [0.29, 0.717) is 0 Å². The Balaban J connectivity index is 3.06. The van der Waals surface area contributed by atoms with Crippen molar-refractivity contribution in [2.24, 2.45) is 5.73 Å². The van der Waals surface area contributed by atoms with Crippen LogP contribution < -0.4 is 15.2 Å². The summed E-state index contributed by atoms with van der Waals surface area (Å²) in [6.45, 7) is 6.93. The van der Waals surface area contributed by atoms with Gasteiger partial charge in [0.25, 0.3) is 6.43 Å². The van der Waals surface area contributed by atoms with E-state index < -0.39 is 40.4 Å². The summed E-state index contributed by atoms with van der Waals surface area (Å²) < 4.78 is 44.7. The summed E-state index contributed by atoms with van der Waals surface area (Å²) in [6.07, 6.45) is -3.95. The minimum absolute atomic E-state index is 0.136. The zero-order chi connectivity index (χ0) is 17.1. The highest BCUT2D eigenvalue weighted by molar-refractivity contribution is 7.90. The lowest BCUT2D eigenvalue weighted by molar-refractivity contribution is 0.145. The minimum Gasteiger partial charge on any atom is -0.598 e. The maximum Gasteiger partial charge on any atom is 0.409 e. The lowest BCUT2D eigenvalue weighted by Gasteiger charge is -2.26. The zero-order valence-electron chi connectivity index (χ0n) is 12.7. The van der Waals surface area contributed by atoms with E-state index in [1.165, 1.54) is 6.07 Å². The van der Waals surface area contributed by atoms with E-state index in [2.05, 4.69) is 14.4 Å². The second-order valence-electron chi connectivity index (χ2n) is 5.60. The molecule has 0 aromatic carbocycles. The van der Waals surface area contributed by atoms with Crippen LogP contribution >= 0.6 is 0 Å². The van der Waals surface area contributed by atoms with Crippen molar-refractivity contribution in [2.45, 2.75) is 44.9 Å². The van der Waals surface area contributed by atoms with Gasteiger partial charge in [0, 0.05) is 23.5 Å². The Hall–Kier alpha value is -1.45. The Morgan fingerprint density at radius 2 is 1.95 bits per heavy atom. The van der Waals surface area contributed by atoms with Crippen molar-refractivity contribution in [3.05, 3.63) is 23.5 Å². The number of nitrogens with two attached hydrogens (primary N) is 1. The summed E-state index contributed by atoms with van der Waals surface area (Å²) in [7, 11) is 0. The molecule has 22 heavy (non-hydrogen) atoms. The molecule has 1 rings (SSSR count). The van der Waals surface area contributed by atoms with Gasteiger partial charge in [-0.2, -0.15) is 0 Å². The third kappa shape index (κ3) is 5.39. The van der Waals surface area contributed by atoms with Crippen molar-refractivity contribution in [1.82, 2.24) is 9.71 Å². The molecule has 1 aromatic rings. The maximum absolute atomic E-state index is 12.9. The number of pyridine rings is 1. The topological polar surface area (TPSA) is 100 Å². The van der Waals surface area contributed by atoms with Crippen LogP contribution in [0.4, 0.5) is 13.6 Å². The smallest absolute Gasteiger partial charge is 0.409 e. The SMILES string of the molecule is CC(N[S+]([O-])C(C)(C)C)c1cc(OC(N)=O)cc(C(F)F)n1. The van der Waals surface area contributed by atoms with E-state index in [1.807, 2.05) is 0 Å². The number of primary amides is 1. The van der Waals surface area contributed by atoms with Gasteiger partial charge in [-0.1, -0.05) is 0 Å². The normalized spacial score (nSPS) is 14.7. The van der Waals surface area contributed by atoms with E-state index in [9.17, 15) is 18.1 Å². The lowest BCUT2D eigenvalue weighted by atomic mass is 10.2. The number of nitrogens with one attached hydrogen (secondary N) is 1. The fourth-order valence-electron chi connectivity index (χ4n) is 1.45. The molecule has 0 spiro atoms. The van der Waals surface area contributed by atoms with Crippen LogP contribution in [0.1, 0.15) is 51.6 Å². The molecule has 1 aromatic heterocycles. The van der Waals surface area contributed by atoms with Crippen LogP contribution in [-0.2, 0) is 11.4 Å². The summed E-state index contributed by atoms with van der Waals surface area (Å²) in [4.78, 5) is 14.6. The molecular formula is C13H19F2N3O3S. The average Bonchev–Trinajstić information content (AvgIpc) is 2.36. The molecule has 0 aliphatic rings. The molecule has 0 aliphatic heterocycles. The van der Waals surface area contributed by atoms with Crippen molar-refractivity contribution in [1.29, 1.82) is 0 Å². The highest BCUT2D eigenvalue weighted by Gasteiger charge is 2.29. The van der Waals surface area contributed by atoms with Crippen LogP contribution in [0.25, 0.3) is 0 Å². The lowest BCUT2D eigenvalue weighted by Crippen LogP contribution is -2.40. The van der Waals surface area contributed by atoms with Crippen LogP contribution in [-0.4, -0.2) is 20.4 Å². The van der Waals surface area contributed by atoms with Gasteiger partial charge >= 0.3 is 6.09 Å². The molecule has 3 N–H and O–H groups in total. The molecule has 2 unspecified atom stereocenters. The highest BCUT2D eigenvalue weighted by atomic mass is 32.2. The first-order valence-corrected chi connectivity index (χ1v) is 7.61. The molecule has 9 heteroatoms. The minimum atomic E-state index is -2.84. The zero-order valence-corrected chi connectivity index (χ0v) is 13.5. The molecule has 1 amide bonds. The Morgan fingerprint density at radius 1 is 1.41 bits per heavy atom. The number of carbonyl (C=O) groups excluding carboxylic acids is 1. The first-order chi connectivity index (χ1) is 10.0. The number of ether oxygens (including phenoxy) is 1. The highest BCUT2D eigenvalue weighted by Crippen LogP contribution is 2.26. The van der Waals surface area contributed by atoms with Crippen LogP contribution in [0.15, 0.2) is 12.1 Å². The average molecular weight is 335 g/mol. The number of rotatable bonds is 5. The van der Waals surface area contributed by atoms with E-state index in [1.54, 1.807) is 27.7 Å². The van der Waals surface area contributed by atoms with Crippen LogP contribution in [0.3, 0.4) is 0 Å². The summed E-state index contributed by atoms with van der Waals surface area (Å²) in [6, 6.07) is 1.65. The summed E-state index contributed by atoms with van der Waals surface area (Å²) in [5, 5.41) is 0. The monoisotopic (exact) mass is 335 g/mol. The molecule has 0 saturated carbocycles. The number of amides is 1. The maximum atomic E-state index is 12.9. The number of carbonyl (C=O) groups is 1. The third-order valence-corrected chi connectivity index (χ3v) is 4.24. The number of hydrogen-bond acceptors (Lipinski definition) is 5. The number of aromatic nitrogens is 1. The standard InChI is InChI=1S/C13H19F2N3O3S/c1-7(18-22(20)13(2,3)4)9-5-8(21-12(16)19)6-10(17-9)11(14)15/h5-7,11,18H,1-4H3,(H2,16,19). The first-order valence-electron chi connectivity index (χ1n) is 6.46. The summed E-state index contributed by atoms with van der Waals surface area (Å²) in [5.74, 6) is -0.136. The Labute approximate surface area is 130 Å². The van der Waals surface area contributed by atoms with E-state index in [4.69, 9.17) is 5.73 Å². The van der Waals surface area contributed by atoms with Crippen molar-refractivity contribution in [2.75, 3.05) is 0 Å². The predicted molar refractivity (Wildman–Crippen MR) is 78.9 cm³/mol. The molecule has 0 aliphatic carbocycles. The van der Waals surface area contributed by atoms with Gasteiger partial charge < -0.3 is 15.0 Å². The molecule has 0 radical (unpaired) electrons. The fourth-order valence-corrected chi connectivity index (χ4v) is 2.25. The van der Waals surface area contributed by atoms with Crippen LogP contribution in [0.5, 0.6) is 5.75 Å². The molecule has 6 nitrogen and oxygen atoms in total. The predicted octanol–water partition coefficient (Wildman–Crippen LogP) is 2.59. The summed E-state index contributed by atoms with van der Waals surface area (Å²) in [5.41, 5.74) is 4.50. The molecule has 0 fully saturated rings. The van der Waals surface area contributed by atoms with Crippen molar-refractivity contribution < 1.29 is 22.9 Å². The largest absolute Gasteiger partial charge is 0.598 e. The van der Waals surface area contributed by atoms with Gasteiger partial charge in [0.1, 0.15) is 16.2 Å². The molecule has 124 valence electrons. The molecule has 0 saturated heterocycles. The second-order valence-corrected chi connectivity index (χ2v) is 7.59. The van der Waals surface area contributed by atoms with Gasteiger partial charge in [-0.15, -0.1) is 4.72 Å².